The maximum Gasteiger partial charge on any atom is 0.338 e. The van der Waals surface area contributed by atoms with Gasteiger partial charge in [-0.3, -0.25) is 9.98 Å². The Morgan fingerprint density at radius 3 is 2.31 bits per heavy atom. The number of carbonyl (C=O) groups is 1. The van der Waals surface area contributed by atoms with E-state index in [0.29, 0.717) is 17.0 Å². The first-order valence-electron chi connectivity index (χ1n) is 9.60. The molecular weight excluding hydrogens is 364 g/mol. The van der Waals surface area contributed by atoms with Crippen molar-refractivity contribution in [3.05, 3.63) is 50.0 Å². The average molecular weight is 395 g/mol. The number of hydrogen-bond acceptors (Lipinski definition) is 3. The van der Waals surface area contributed by atoms with Crippen LogP contribution in [0.25, 0.3) is 17.7 Å². The lowest BCUT2D eigenvalue weighted by Gasteiger charge is -2.03. The van der Waals surface area contributed by atoms with Gasteiger partial charge in [-0.2, -0.15) is 0 Å². The van der Waals surface area contributed by atoms with Crippen molar-refractivity contribution < 1.29 is 9.90 Å². The Bertz CT molecular complexity index is 1140. The number of hydrogen-bond donors (Lipinski definition) is 3. The average Bonchev–Trinajstić information content (AvgIpc) is 3.17. The minimum atomic E-state index is -0.966. The van der Waals surface area contributed by atoms with Gasteiger partial charge in [-0.05, 0) is 82.2 Å². The van der Waals surface area contributed by atoms with Crippen LogP contribution in [0.1, 0.15) is 66.1 Å². The molecule has 6 nitrogen and oxygen atoms in total. The van der Waals surface area contributed by atoms with Gasteiger partial charge in [0.1, 0.15) is 0 Å². The van der Waals surface area contributed by atoms with Crippen LogP contribution in [0, 0.1) is 13.8 Å². The van der Waals surface area contributed by atoms with Crippen LogP contribution in [0.3, 0.4) is 0 Å². The van der Waals surface area contributed by atoms with Crippen LogP contribution in [0.15, 0.2) is 15.7 Å². The Kier molecular flexibility index (Phi) is 6.80. The molecule has 2 rings (SSSR count). The van der Waals surface area contributed by atoms with E-state index in [1.165, 1.54) is 11.1 Å². The standard InChI is InChI=1S/C23H30N4O2/c1-9-17-14(4)18(10-12(2)24-7)26-20(17)11-19-15(5)21(23(28)29)22(27-19)13(3)16(6)25-8/h10-11,26-27H,8-9H2,1-7H3,(H,28,29)/b16-13-,18-10?,20-11-,24-12?. The number of aromatic amines is 2. The van der Waals surface area contributed by atoms with Gasteiger partial charge in [0.05, 0.1) is 11.3 Å². The summed E-state index contributed by atoms with van der Waals surface area (Å²) in [6.07, 6.45) is 4.87. The van der Waals surface area contributed by atoms with Gasteiger partial charge < -0.3 is 15.1 Å². The minimum absolute atomic E-state index is 0.263. The molecule has 0 amide bonds. The summed E-state index contributed by atoms with van der Waals surface area (Å²) in [7, 11) is 1.77. The number of carboxylic acids is 1. The van der Waals surface area contributed by atoms with E-state index in [-0.39, 0.29) is 5.56 Å². The van der Waals surface area contributed by atoms with E-state index in [4.69, 9.17) is 0 Å². The number of H-pyrrole nitrogens is 2. The molecule has 0 saturated heterocycles. The largest absolute Gasteiger partial charge is 0.478 e. The number of nitrogens with one attached hydrogen (secondary N) is 2. The molecule has 0 aliphatic rings. The monoisotopic (exact) mass is 394 g/mol. The summed E-state index contributed by atoms with van der Waals surface area (Å²) in [6, 6.07) is 0. The van der Waals surface area contributed by atoms with Crippen molar-refractivity contribution in [1.82, 2.24) is 9.97 Å². The molecule has 0 fully saturated rings. The highest BCUT2D eigenvalue weighted by Gasteiger charge is 2.21. The Morgan fingerprint density at radius 2 is 1.79 bits per heavy atom. The van der Waals surface area contributed by atoms with E-state index in [0.717, 1.165) is 34.1 Å². The third-order valence-corrected chi connectivity index (χ3v) is 5.46. The third-order valence-electron chi connectivity index (χ3n) is 5.46. The first-order valence-corrected chi connectivity index (χ1v) is 9.60. The molecular formula is C23H30N4O2. The molecule has 0 unspecified atom stereocenters. The number of aromatic carboxylic acids is 1. The summed E-state index contributed by atoms with van der Waals surface area (Å²) in [4.78, 5) is 26.8. The second-order valence-electron chi connectivity index (χ2n) is 7.15. The second-order valence-corrected chi connectivity index (χ2v) is 7.15. The molecule has 2 aromatic heterocycles. The number of aliphatic imine (C=N–C) groups is 2. The summed E-state index contributed by atoms with van der Waals surface area (Å²) in [5.74, 6) is -0.966. The summed E-state index contributed by atoms with van der Waals surface area (Å²) >= 11 is 0. The van der Waals surface area contributed by atoms with Gasteiger partial charge in [-0.25, -0.2) is 4.79 Å². The zero-order chi connectivity index (χ0) is 21.9. The summed E-state index contributed by atoms with van der Waals surface area (Å²) in [5, 5.41) is 11.8. The normalized spacial score (nSPS) is 14.4. The second kappa shape index (κ2) is 8.90. The van der Waals surface area contributed by atoms with Crippen molar-refractivity contribution in [3.63, 3.8) is 0 Å². The lowest BCUT2D eigenvalue weighted by molar-refractivity contribution is 0.0696. The number of rotatable bonds is 6. The molecule has 154 valence electrons. The molecule has 0 atom stereocenters. The molecule has 0 saturated carbocycles. The van der Waals surface area contributed by atoms with Gasteiger partial charge in [0, 0.05) is 34.8 Å². The van der Waals surface area contributed by atoms with Crippen molar-refractivity contribution in [2.45, 2.75) is 48.0 Å². The van der Waals surface area contributed by atoms with Crippen LogP contribution < -0.4 is 10.7 Å². The molecule has 0 spiro atoms. The maximum atomic E-state index is 11.9. The highest BCUT2D eigenvalue weighted by atomic mass is 16.4. The molecule has 0 bridgehead atoms. The number of aromatic nitrogens is 2. The van der Waals surface area contributed by atoms with Gasteiger partial charge in [0.25, 0.3) is 0 Å². The van der Waals surface area contributed by atoms with Crippen molar-refractivity contribution >= 4 is 36.1 Å². The van der Waals surface area contributed by atoms with Gasteiger partial charge in [-0.15, -0.1) is 0 Å². The molecule has 0 radical (unpaired) electrons. The summed E-state index contributed by atoms with van der Waals surface area (Å²) < 4.78 is 0. The van der Waals surface area contributed by atoms with Gasteiger partial charge >= 0.3 is 5.97 Å². The van der Waals surface area contributed by atoms with Crippen LogP contribution in [0.5, 0.6) is 0 Å². The Labute approximate surface area is 171 Å². The Balaban J connectivity index is 2.83. The van der Waals surface area contributed by atoms with Gasteiger partial charge in [0.15, 0.2) is 0 Å². The van der Waals surface area contributed by atoms with E-state index in [9.17, 15) is 9.90 Å². The fourth-order valence-corrected chi connectivity index (χ4v) is 3.43. The molecule has 6 heteroatoms. The molecule has 29 heavy (non-hydrogen) atoms. The highest BCUT2D eigenvalue weighted by Crippen LogP contribution is 2.27. The van der Waals surface area contributed by atoms with Crippen LogP contribution in [0.4, 0.5) is 0 Å². The van der Waals surface area contributed by atoms with Crippen molar-refractivity contribution in [3.8, 4) is 0 Å². The summed E-state index contributed by atoms with van der Waals surface area (Å²) in [6.45, 7) is 15.2. The quantitative estimate of drug-likeness (QED) is 0.655. The van der Waals surface area contributed by atoms with E-state index in [1.807, 2.05) is 39.8 Å². The predicted molar refractivity (Wildman–Crippen MR) is 122 cm³/mol. The number of carboxylic acid groups (broad SMARTS) is 1. The van der Waals surface area contributed by atoms with Crippen LogP contribution >= 0.6 is 0 Å². The molecule has 0 aromatic carbocycles. The predicted octanol–water partition coefficient (Wildman–Crippen LogP) is 3.37. The van der Waals surface area contributed by atoms with Crippen molar-refractivity contribution in [1.29, 1.82) is 0 Å². The minimum Gasteiger partial charge on any atom is -0.478 e. The van der Waals surface area contributed by atoms with Crippen molar-refractivity contribution in [2.24, 2.45) is 9.98 Å². The highest BCUT2D eigenvalue weighted by molar-refractivity contribution is 6.08. The number of nitrogens with zero attached hydrogens (tertiary/aromatic N) is 2. The Hall–Kier alpha value is -3.15. The van der Waals surface area contributed by atoms with E-state index < -0.39 is 5.97 Å². The molecule has 2 aromatic rings. The summed E-state index contributed by atoms with van der Waals surface area (Å²) in [5.41, 5.74) is 7.04. The van der Waals surface area contributed by atoms with E-state index in [1.54, 1.807) is 7.05 Å². The first kappa shape index (κ1) is 22.1. The zero-order valence-electron chi connectivity index (χ0n) is 18.3. The molecule has 0 aliphatic heterocycles. The van der Waals surface area contributed by atoms with Crippen molar-refractivity contribution in [2.75, 3.05) is 7.05 Å². The SMILES string of the molecule is C=N/C(C)=C(/C)c1[nH]c(/C=c2\[nH]c(=CC(C)=NC)c(C)c2CC)c(C)c1C(=O)O. The maximum absolute atomic E-state index is 11.9. The van der Waals surface area contributed by atoms with Gasteiger partial charge in [-0.1, -0.05) is 6.92 Å². The van der Waals surface area contributed by atoms with E-state index in [2.05, 4.69) is 40.5 Å². The van der Waals surface area contributed by atoms with Crippen LogP contribution in [-0.4, -0.2) is 40.5 Å². The topological polar surface area (TPSA) is 93.6 Å². The van der Waals surface area contributed by atoms with Crippen LogP contribution in [0.2, 0.25) is 0 Å². The first-order chi connectivity index (χ1) is 13.7. The lowest BCUT2D eigenvalue weighted by Crippen LogP contribution is -2.13. The molecule has 3 N–H and O–H groups in total. The molecule has 2 heterocycles. The fourth-order valence-electron chi connectivity index (χ4n) is 3.43. The smallest absolute Gasteiger partial charge is 0.338 e. The number of allylic oxidation sites excluding steroid dienone is 2. The molecule has 0 aliphatic carbocycles. The van der Waals surface area contributed by atoms with Gasteiger partial charge in [0.2, 0.25) is 0 Å². The van der Waals surface area contributed by atoms with Crippen LogP contribution in [-0.2, 0) is 6.42 Å². The fraction of sp³-hybridized carbons (Fsp3) is 0.348. The Morgan fingerprint density at radius 1 is 1.14 bits per heavy atom. The zero-order valence-corrected chi connectivity index (χ0v) is 18.3. The lowest BCUT2D eigenvalue weighted by atomic mass is 10.0. The van der Waals surface area contributed by atoms with E-state index >= 15 is 0 Å². The third kappa shape index (κ3) is 4.31.